The van der Waals surface area contributed by atoms with Crippen molar-refractivity contribution in [3.8, 4) is 5.75 Å². The van der Waals surface area contributed by atoms with E-state index in [0.717, 1.165) is 5.56 Å². The minimum absolute atomic E-state index is 0.0357. The van der Waals surface area contributed by atoms with Gasteiger partial charge in [0.05, 0.1) is 19.2 Å². The largest absolute Gasteiger partial charge is 0.494 e. The molecule has 5 amide bonds. The zero-order valence-electron chi connectivity index (χ0n) is 17.8. The van der Waals surface area contributed by atoms with Gasteiger partial charge in [-0.3, -0.25) is 19.7 Å². The number of methoxy groups -OCH3 is 1. The first-order valence-corrected chi connectivity index (χ1v) is 10.4. The molecule has 0 spiro atoms. The van der Waals surface area contributed by atoms with Crippen LogP contribution >= 0.6 is 0 Å². The van der Waals surface area contributed by atoms with E-state index in [9.17, 15) is 23.6 Å². The van der Waals surface area contributed by atoms with Crippen molar-refractivity contribution in [3.63, 3.8) is 0 Å². The standard InChI is InChI=1S/C23H17FN4O6/c1-33-15-4-2-10-8-28(20(30)17(10)18(15)24)9-23(21(31)26-22(32)27-23)16-6-12-13-7-25-19(29)11(13)3-5-14(12)34-16/h2-6H,7-9H2,1H3,(H,25,29)(H2,26,27,31,32). The predicted molar refractivity (Wildman–Crippen MR) is 113 cm³/mol. The number of furan rings is 1. The molecule has 3 aliphatic rings. The van der Waals surface area contributed by atoms with Crippen LogP contribution in [0, 0.1) is 5.82 Å². The maximum Gasteiger partial charge on any atom is 0.322 e. The minimum Gasteiger partial charge on any atom is -0.494 e. The first-order chi connectivity index (χ1) is 16.3. The van der Waals surface area contributed by atoms with Gasteiger partial charge in [-0.1, -0.05) is 6.07 Å². The fraction of sp³-hybridized carbons (Fsp3) is 0.217. The Hall–Kier alpha value is -4.41. The van der Waals surface area contributed by atoms with E-state index in [1.54, 1.807) is 24.3 Å². The molecule has 1 fully saturated rings. The highest BCUT2D eigenvalue weighted by Crippen LogP contribution is 2.37. The third-order valence-electron chi connectivity index (χ3n) is 6.55. The number of ether oxygens (including phenoxy) is 1. The second-order valence-corrected chi connectivity index (χ2v) is 8.39. The Morgan fingerprint density at radius 1 is 1.18 bits per heavy atom. The van der Waals surface area contributed by atoms with Gasteiger partial charge in [0.1, 0.15) is 11.3 Å². The first kappa shape index (κ1) is 20.2. The molecule has 4 heterocycles. The van der Waals surface area contributed by atoms with Crippen molar-refractivity contribution < 1.29 is 32.7 Å². The number of halogens is 1. The number of urea groups is 1. The molecular weight excluding hydrogens is 447 g/mol. The number of hydrogen-bond acceptors (Lipinski definition) is 6. The lowest BCUT2D eigenvalue weighted by Gasteiger charge is -2.29. The summed E-state index contributed by atoms with van der Waals surface area (Å²) in [7, 11) is 1.30. The van der Waals surface area contributed by atoms with E-state index in [2.05, 4.69) is 16.0 Å². The summed E-state index contributed by atoms with van der Waals surface area (Å²) in [5, 5.41) is 8.15. The van der Waals surface area contributed by atoms with Crippen LogP contribution in [0.3, 0.4) is 0 Å². The van der Waals surface area contributed by atoms with Gasteiger partial charge in [0.2, 0.25) is 0 Å². The Morgan fingerprint density at radius 3 is 2.74 bits per heavy atom. The Morgan fingerprint density at radius 2 is 2.00 bits per heavy atom. The van der Waals surface area contributed by atoms with E-state index >= 15 is 0 Å². The molecule has 1 saturated heterocycles. The summed E-state index contributed by atoms with van der Waals surface area (Å²) in [5.74, 6) is -2.29. The minimum atomic E-state index is -1.74. The van der Waals surface area contributed by atoms with Crippen LogP contribution in [-0.4, -0.2) is 42.3 Å². The van der Waals surface area contributed by atoms with E-state index in [1.165, 1.54) is 18.1 Å². The molecular formula is C23H17FN4O6. The third-order valence-corrected chi connectivity index (χ3v) is 6.55. The number of nitrogens with zero attached hydrogens (tertiary/aromatic N) is 1. The molecule has 34 heavy (non-hydrogen) atoms. The van der Waals surface area contributed by atoms with Crippen LogP contribution in [0.15, 0.2) is 34.7 Å². The van der Waals surface area contributed by atoms with Crippen molar-refractivity contribution in [2.45, 2.75) is 18.6 Å². The van der Waals surface area contributed by atoms with Crippen LogP contribution in [-0.2, 0) is 23.4 Å². The Kier molecular flexibility index (Phi) is 4.04. The quantitative estimate of drug-likeness (QED) is 0.502. The van der Waals surface area contributed by atoms with Gasteiger partial charge < -0.3 is 24.7 Å². The molecule has 1 atom stereocenters. The maximum atomic E-state index is 14.8. The van der Waals surface area contributed by atoms with Gasteiger partial charge in [0.25, 0.3) is 17.7 Å². The Balaban J connectivity index is 1.43. The Bertz CT molecular complexity index is 1460. The van der Waals surface area contributed by atoms with Gasteiger partial charge in [-0.2, -0.15) is 0 Å². The van der Waals surface area contributed by atoms with Crippen molar-refractivity contribution in [3.05, 3.63) is 64.2 Å². The third kappa shape index (κ3) is 2.60. The number of hydrogen-bond donors (Lipinski definition) is 3. The number of nitrogens with one attached hydrogen (secondary N) is 3. The second kappa shape index (κ2) is 6.80. The summed E-state index contributed by atoms with van der Waals surface area (Å²) in [6.07, 6.45) is 0. The normalized spacial score (nSPS) is 20.9. The fourth-order valence-electron chi connectivity index (χ4n) is 4.87. The molecule has 6 rings (SSSR count). The molecule has 2 aromatic carbocycles. The molecule has 3 aliphatic heterocycles. The molecule has 3 aromatic rings. The molecule has 10 nitrogen and oxygen atoms in total. The zero-order chi connectivity index (χ0) is 23.8. The van der Waals surface area contributed by atoms with E-state index in [-0.39, 0.29) is 36.1 Å². The van der Waals surface area contributed by atoms with Gasteiger partial charge in [-0.25, -0.2) is 9.18 Å². The molecule has 11 heteroatoms. The van der Waals surface area contributed by atoms with E-state index in [0.29, 0.717) is 28.6 Å². The number of imide groups is 1. The highest BCUT2D eigenvalue weighted by molar-refractivity contribution is 6.09. The molecule has 0 saturated carbocycles. The van der Waals surface area contributed by atoms with Gasteiger partial charge >= 0.3 is 6.03 Å². The van der Waals surface area contributed by atoms with Crippen LogP contribution < -0.4 is 20.7 Å². The summed E-state index contributed by atoms with van der Waals surface area (Å²) in [6.45, 7) is 0.0458. The van der Waals surface area contributed by atoms with Crippen molar-refractivity contribution in [2.75, 3.05) is 13.7 Å². The maximum absolute atomic E-state index is 14.8. The summed E-state index contributed by atoms with van der Waals surface area (Å²) < 4.78 is 25.7. The summed E-state index contributed by atoms with van der Waals surface area (Å²) in [5.41, 5.74) is 0.212. The molecule has 172 valence electrons. The molecule has 3 N–H and O–H groups in total. The highest BCUT2D eigenvalue weighted by Gasteiger charge is 2.53. The lowest BCUT2D eigenvalue weighted by Crippen LogP contribution is -2.52. The highest BCUT2D eigenvalue weighted by atomic mass is 19.1. The molecule has 0 bridgehead atoms. The second-order valence-electron chi connectivity index (χ2n) is 8.39. The molecule has 1 aromatic heterocycles. The van der Waals surface area contributed by atoms with Crippen molar-refractivity contribution in [2.24, 2.45) is 0 Å². The van der Waals surface area contributed by atoms with E-state index in [1.807, 2.05) is 0 Å². The summed E-state index contributed by atoms with van der Waals surface area (Å²) >= 11 is 0. The smallest absolute Gasteiger partial charge is 0.322 e. The SMILES string of the molecule is COc1ccc2c(c1F)C(=O)N(CC1(c3cc4c5c(ccc4o3)C(=O)NC5)NC(=O)NC1=O)C2. The number of carbonyl (C=O) groups is 4. The van der Waals surface area contributed by atoms with E-state index < -0.39 is 29.2 Å². The molecule has 0 aliphatic carbocycles. The number of amides is 5. The van der Waals surface area contributed by atoms with Gasteiger partial charge in [-0.15, -0.1) is 0 Å². The van der Waals surface area contributed by atoms with Crippen molar-refractivity contribution in [1.82, 2.24) is 20.9 Å². The monoisotopic (exact) mass is 464 g/mol. The van der Waals surface area contributed by atoms with Gasteiger partial charge in [0, 0.05) is 24.0 Å². The number of rotatable bonds is 4. The lowest BCUT2D eigenvalue weighted by molar-refractivity contribution is -0.125. The Labute approximate surface area is 191 Å². The average Bonchev–Trinajstić information content (AvgIpc) is 3.54. The van der Waals surface area contributed by atoms with Gasteiger partial charge in [-0.05, 0) is 35.4 Å². The lowest BCUT2D eigenvalue weighted by atomic mass is 9.94. The van der Waals surface area contributed by atoms with E-state index in [4.69, 9.17) is 9.15 Å². The van der Waals surface area contributed by atoms with Crippen LogP contribution in [0.1, 0.15) is 37.6 Å². The van der Waals surface area contributed by atoms with Crippen LogP contribution in [0.5, 0.6) is 5.75 Å². The first-order valence-electron chi connectivity index (χ1n) is 10.4. The van der Waals surface area contributed by atoms with Crippen LogP contribution in [0.2, 0.25) is 0 Å². The zero-order valence-corrected chi connectivity index (χ0v) is 17.8. The predicted octanol–water partition coefficient (Wildman–Crippen LogP) is 1.51. The van der Waals surface area contributed by atoms with Crippen molar-refractivity contribution in [1.29, 1.82) is 0 Å². The van der Waals surface area contributed by atoms with Gasteiger partial charge in [0.15, 0.2) is 17.1 Å². The molecule has 0 radical (unpaired) electrons. The van der Waals surface area contributed by atoms with Crippen LogP contribution in [0.25, 0.3) is 11.0 Å². The average molecular weight is 464 g/mol. The number of carbonyl (C=O) groups excluding carboxylic acids is 4. The van der Waals surface area contributed by atoms with Crippen molar-refractivity contribution >= 4 is 34.7 Å². The van der Waals surface area contributed by atoms with Crippen LogP contribution in [0.4, 0.5) is 9.18 Å². The fourth-order valence-corrected chi connectivity index (χ4v) is 4.87. The number of fused-ring (bicyclic) bond motifs is 4. The summed E-state index contributed by atoms with van der Waals surface area (Å²) in [4.78, 5) is 51.6. The topological polar surface area (TPSA) is 130 Å². The summed E-state index contributed by atoms with van der Waals surface area (Å²) in [6, 6.07) is 7.11. The molecule has 1 unspecified atom stereocenters. The number of benzene rings is 2.